The summed E-state index contributed by atoms with van der Waals surface area (Å²) in [6, 6.07) is 8.05. The van der Waals surface area contributed by atoms with Gasteiger partial charge in [0.15, 0.2) is 11.5 Å². The van der Waals surface area contributed by atoms with Crippen molar-refractivity contribution in [3.63, 3.8) is 0 Å². The topological polar surface area (TPSA) is 171 Å². The van der Waals surface area contributed by atoms with Gasteiger partial charge in [0.1, 0.15) is 11.5 Å². The van der Waals surface area contributed by atoms with E-state index in [1.807, 2.05) is 32.9 Å². The third-order valence-electron chi connectivity index (χ3n) is 6.85. The number of hydrogen-bond donors (Lipinski definition) is 4. The second kappa shape index (κ2) is 10.9. The van der Waals surface area contributed by atoms with Crippen LogP contribution in [0.1, 0.15) is 26.3 Å². The van der Waals surface area contributed by atoms with Gasteiger partial charge in [0.2, 0.25) is 15.9 Å². The standard InChI is InChI=1S/C30H28FN9O3S/c1-30(2,3)29(41)36-21-8-18(11-32-13-21)19-9-22-26(39-40-27(22)34-12-19)28-37-24-15-33-14-23(25(24)38-28)17-5-16(6-20(31)7-17)10-35-44(4,42)43/h5-9,11-15,35H,10H2,1-4H3,(H,36,41)(H,37,38)(H,34,39,40). The maximum Gasteiger partial charge on any atom is 0.229 e. The molecule has 0 aliphatic carbocycles. The summed E-state index contributed by atoms with van der Waals surface area (Å²) in [7, 11) is -3.46. The number of pyridine rings is 3. The number of amides is 1. The second-order valence-electron chi connectivity index (χ2n) is 11.5. The fraction of sp³-hybridized carbons (Fsp3) is 0.200. The highest BCUT2D eigenvalue weighted by Gasteiger charge is 2.22. The Balaban J connectivity index is 1.37. The van der Waals surface area contributed by atoms with Gasteiger partial charge in [-0.25, -0.2) is 27.5 Å². The van der Waals surface area contributed by atoms with Crippen molar-refractivity contribution in [3.05, 3.63) is 72.7 Å². The van der Waals surface area contributed by atoms with Crippen molar-refractivity contribution >= 4 is 43.7 Å². The molecule has 6 rings (SSSR count). The Labute approximate surface area is 251 Å². The van der Waals surface area contributed by atoms with Gasteiger partial charge in [0.05, 0.1) is 40.8 Å². The Bertz CT molecular complexity index is 2170. The minimum atomic E-state index is -3.46. The SMILES string of the molecule is CC(C)(C)C(=O)Nc1cncc(-c2cnc3[nH]nc(-c4nc5c(-c6cc(F)cc(CNS(C)(=O)=O)c6)cncc5[nH]4)c3c2)c1. The van der Waals surface area contributed by atoms with E-state index < -0.39 is 21.3 Å². The lowest BCUT2D eigenvalue weighted by Crippen LogP contribution is -2.27. The molecule has 0 spiro atoms. The zero-order valence-electron chi connectivity index (χ0n) is 24.2. The number of aromatic amines is 2. The van der Waals surface area contributed by atoms with Gasteiger partial charge < -0.3 is 10.3 Å². The third kappa shape index (κ3) is 6.02. The summed E-state index contributed by atoms with van der Waals surface area (Å²) in [5, 5.41) is 11.0. The molecule has 0 bridgehead atoms. The predicted molar refractivity (Wildman–Crippen MR) is 165 cm³/mol. The van der Waals surface area contributed by atoms with Gasteiger partial charge in [0.25, 0.3) is 0 Å². The van der Waals surface area contributed by atoms with Crippen molar-refractivity contribution in [2.75, 3.05) is 11.6 Å². The second-order valence-corrected chi connectivity index (χ2v) is 13.3. The maximum atomic E-state index is 14.6. The highest BCUT2D eigenvalue weighted by Crippen LogP contribution is 2.33. The van der Waals surface area contributed by atoms with Crippen molar-refractivity contribution in [2.24, 2.45) is 5.41 Å². The summed E-state index contributed by atoms with van der Waals surface area (Å²) in [4.78, 5) is 33.7. The van der Waals surface area contributed by atoms with Gasteiger partial charge in [-0.3, -0.25) is 19.9 Å². The smallest absolute Gasteiger partial charge is 0.229 e. The van der Waals surface area contributed by atoms with E-state index in [0.29, 0.717) is 56.0 Å². The highest BCUT2D eigenvalue weighted by atomic mass is 32.2. The van der Waals surface area contributed by atoms with Crippen LogP contribution in [-0.4, -0.2) is 55.7 Å². The van der Waals surface area contributed by atoms with Crippen LogP contribution in [0.4, 0.5) is 10.1 Å². The maximum absolute atomic E-state index is 14.6. The predicted octanol–water partition coefficient (Wildman–Crippen LogP) is 4.80. The zero-order valence-corrected chi connectivity index (χ0v) is 25.0. The number of halogens is 1. The van der Waals surface area contributed by atoms with Crippen LogP contribution in [-0.2, 0) is 21.4 Å². The van der Waals surface area contributed by atoms with E-state index in [9.17, 15) is 17.6 Å². The number of fused-ring (bicyclic) bond motifs is 2. The minimum Gasteiger partial charge on any atom is -0.335 e. The van der Waals surface area contributed by atoms with Crippen molar-refractivity contribution in [3.8, 4) is 33.8 Å². The van der Waals surface area contributed by atoms with Crippen LogP contribution in [0.15, 0.2) is 61.3 Å². The number of anilines is 1. The lowest BCUT2D eigenvalue weighted by molar-refractivity contribution is -0.123. The number of carbonyl (C=O) groups is 1. The molecule has 0 saturated heterocycles. The van der Waals surface area contributed by atoms with Crippen LogP contribution >= 0.6 is 0 Å². The number of rotatable bonds is 7. The van der Waals surface area contributed by atoms with Crippen LogP contribution in [0.2, 0.25) is 0 Å². The number of nitrogens with zero attached hydrogens (tertiary/aromatic N) is 5. The van der Waals surface area contributed by atoms with Gasteiger partial charge in [-0.15, -0.1) is 0 Å². The Kier molecular flexibility index (Phi) is 7.18. The summed E-state index contributed by atoms with van der Waals surface area (Å²) in [6.45, 7) is 5.45. The summed E-state index contributed by atoms with van der Waals surface area (Å²) in [5.74, 6) is -0.200. The molecule has 44 heavy (non-hydrogen) atoms. The number of nitrogens with one attached hydrogen (secondary N) is 4. The molecule has 14 heteroatoms. The first kappa shape index (κ1) is 29.0. The first-order chi connectivity index (χ1) is 20.8. The van der Waals surface area contributed by atoms with Crippen molar-refractivity contribution < 1.29 is 17.6 Å². The van der Waals surface area contributed by atoms with Gasteiger partial charge in [-0.05, 0) is 41.5 Å². The molecular formula is C30H28FN9O3S. The molecule has 224 valence electrons. The zero-order chi connectivity index (χ0) is 31.2. The van der Waals surface area contributed by atoms with E-state index in [-0.39, 0.29) is 12.5 Å². The Morgan fingerprint density at radius 1 is 0.955 bits per heavy atom. The number of imidazole rings is 1. The number of carbonyl (C=O) groups excluding carboxylic acids is 1. The monoisotopic (exact) mass is 613 g/mol. The molecule has 12 nitrogen and oxygen atoms in total. The molecule has 1 amide bonds. The lowest BCUT2D eigenvalue weighted by atomic mass is 9.95. The van der Waals surface area contributed by atoms with Gasteiger partial charge in [-0.2, -0.15) is 5.10 Å². The lowest BCUT2D eigenvalue weighted by Gasteiger charge is -2.17. The molecule has 0 fully saturated rings. The van der Waals surface area contributed by atoms with Crippen LogP contribution in [0.5, 0.6) is 0 Å². The van der Waals surface area contributed by atoms with Gasteiger partial charge in [-0.1, -0.05) is 20.8 Å². The number of hydrogen-bond acceptors (Lipinski definition) is 8. The van der Waals surface area contributed by atoms with Crippen molar-refractivity contribution in [2.45, 2.75) is 27.3 Å². The third-order valence-corrected chi connectivity index (χ3v) is 7.52. The minimum absolute atomic E-state index is 0.0607. The highest BCUT2D eigenvalue weighted by molar-refractivity contribution is 7.88. The Hall–Kier alpha value is -5.08. The number of sulfonamides is 1. The molecule has 0 aliphatic rings. The quantitative estimate of drug-likeness (QED) is 0.199. The largest absolute Gasteiger partial charge is 0.335 e. The molecule has 0 atom stereocenters. The van der Waals surface area contributed by atoms with Crippen LogP contribution < -0.4 is 10.0 Å². The normalized spacial score (nSPS) is 12.2. The number of benzene rings is 1. The number of aromatic nitrogens is 7. The summed E-state index contributed by atoms with van der Waals surface area (Å²) < 4.78 is 40.1. The van der Waals surface area contributed by atoms with E-state index >= 15 is 0 Å². The molecule has 5 heterocycles. The fourth-order valence-corrected chi connectivity index (χ4v) is 5.03. The van der Waals surface area contributed by atoms with E-state index in [2.05, 4.69) is 40.2 Å². The number of H-pyrrole nitrogens is 2. The molecule has 0 radical (unpaired) electrons. The summed E-state index contributed by atoms with van der Waals surface area (Å²) in [5.41, 5.74) is 5.22. The fourth-order valence-electron chi connectivity index (χ4n) is 4.61. The first-order valence-electron chi connectivity index (χ1n) is 13.5. The van der Waals surface area contributed by atoms with Crippen LogP contribution in [0, 0.1) is 11.2 Å². The molecule has 5 aromatic heterocycles. The Morgan fingerprint density at radius 3 is 2.50 bits per heavy atom. The van der Waals surface area contributed by atoms with E-state index in [4.69, 9.17) is 4.98 Å². The first-order valence-corrected chi connectivity index (χ1v) is 15.4. The van der Waals surface area contributed by atoms with Crippen LogP contribution in [0.25, 0.3) is 55.8 Å². The van der Waals surface area contributed by atoms with Gasteiger partial charge in [0, 0.05) is 47.2 Å². The van der Waals surface area contributed by atoms with E-state index in [0.717, 1.165) is 17.4 Å². The molecule has 0 aliphatic heterocycles. The summed E-state index contributed by atoms with van der Waals surface area (Å²) in [6.07, 6.45) is 9.21. The van der Waals surface area contributed by atoms with Crippen molar-refractivity contribution in [1.82, 2.24) is 39.8 Å². The molecule has 0 saturated carbocycles. The van der Waals surface area contributed by atoms with E-state index in [1.54, 1.807) is 37.1 Å². The average molecular weight is 614 g/mol. The molecule has 4 N–H and O–H groups in total. The molecule has 6 aromatic rings. The Morgan fingerprint density at radius 2 is 1.73 bits per heavy atom. The summed E-state index contributed by atoms with van der Waals surface area (Å²) >= 11 is 0. The average Bonchev–Trinajstić information content (AvgIpc) is 3.59. The molecular weight excluding hydrogens is 585 g/mol. The molecule has 1 aromatic carbocycles. The molecule has 0 unspecified atom stereocenters. The van der Waals surface area contributed by atoms with Crippen molar-refractivity contribution in [1.29, 1.82) is 0 Å². The van der Waals surface area contributed by atoms with E-state index in [1.165, 1.54) is 12.1 Å². The van der Waals surface area contributed by atoms with Crippen LogP contribution in [0.3, 0.4) is 0 Å². The van der Waals surface area contributed by atoms with Gasteiger partial charge >= 0.3 is 0 Å².